The Kier molecular flexibility index (Phi) is 8.56. The van der Waals surface area contributed by atoms with E-state index in [1.54, 1.807) is 0 Å². The van der Waals surface area contributed by atoms with Gasteiger partial charge in [-0.2, -0.15) is 4.98 Å². The smallest absolute Gasteiger partial charge is 0.251 e. The van der Waals surface area contributed by atoms with E-state index >= 15 is 0 Å². The van der Waals surface area contributed by atoms with Gasteiger partial charge in [-0.05, 0) is 68.9 Å². The summed E-state index contributed by atoms with van der Waals surface area (Å²) < 4.78 is 5.91. The van der Waals surface area contributed by atoms with Crippen molar-refractivity contribution in [1.82, 2.24) is 15.3 Å². The summed E-state index contributed by atoms with van der Waals surface area (Å²) in [5.41, 5.74) is 2.52. The SMILES string of the molecule is CN(C)c1nc(NC2CCCC(NC(=O)c3ccccc3COc3ccccc3)CCC2)nc2ccccc12. The minimum Gasteiger partial charge on any atom is -0.489 e. The molecule has 1 heterocycles. The second-order valence-corrected chi connectivity index (χ2v) is 10.4. The number of benzene rings is 3. The van der Waals surface area contributed by atoms with Crippen LogP contribution in [0.15, 0.2) is 78.9 Å². The number of carbonyl (C=O) groups is 1. The number of nitrogens with zero attached hydrogens (tertiary/aromatic N) is 3. The van der Waals surface area contributed by atoms with Gasteiger partial charge < -0.3 is 20.3 Å². The van der Waals surface area contributed by atoms with Crippen molar-refractivity contribution >= 4 is 28.6 Å². The van der Waals surface area contributed by atoms with Crippen molar-refractivity contribution in [2.24, 2.45) is 0 Å². The number of amides is 1. The molecule has 202 valence electrons. The quantitative estimate of drug-likeness (QED) is 0.286. The van der Waals surface area contributed by atoms with Gasteiger partial charge in [0.25, 0.3) is 5.91 Å². The number of hydrogen-bond donors (Lipinski definition) is 2. The molecule has 7 heteroatoms. The van der Waals surface area contributed by atoms with Gasteiger partial charge in [-0.25, -0.2) is 4.98 Å². The van der Waals surface area contributed by atoms with Crippen LogP contribution in [0.5, 0.6) is 5.75 Å². The van der Waals surface area contributed by atoms with Crippen LogP contribution in [0.3, 0.4) is 0 Å². The molecule has 0 unspecified atom stereocenters. The van der Waals surface area contributed by atoms with Crippen molar-refractivity contribution in [3.63, 3.8) is 0 Å². The fourth-order valence-corrected chi connectivity index (χ4v) is 5.26. The van der Waals surface area contributed by atoms with Crippen LogP contribution in [-0.4, -0.2) is 42.1 Å². The number of para-hydroxylation sites is 2. The Bertz CT molecular complexity index is 1380. The highest BCUT2D eigenvalue weighted by Crippen LogP contribution is 2.26. The van der Waals surface area contributed by atoms with Crippen LogP contribution >= 0.6 is 0 Å². The highest BCUT2D eigenvalue weighted by molar-refractivity contribution is 5.95. The van der Waals surface area contributed by atoms with E-state index in [0.29, 0.717) is 24.2 Å². The second-order valence-electron chi connectivity index (χ2n) is 10.4. The van der Waals surface area contributed by atoms with Gasteiger partial charge in [0.05, 0.1) is 5.52 Å². The summed E-state index contributed by atoms with van der Waals surface area (Å²) in [6, 6.07) is 26.0. The molecule has 0 aliphatic heterocycles. The molecule has 5 rings (SSSR count). The van der Waals surface area contributed by atoms with Gasteiger partial charge in [-0.15, -0.1) is 0 Å². The second kappa shape index (κ2) is 12.6. The zero-order chi connectivity index (χ0) is 27.0. The van der Waals surface area contributed by atoms with Gasteiger partial charge in [0.2, 0.25) is 5.95 Å². The van der Waals surface area contributed by atoms with Crippen molar-refractivity contribution in [2.75, 3.05) is 24.3 Å². The monoisotopic (exact) mass is 523 g/mol. The lowest BCUT2D eigenvalue weighted by molar-refractivity contribution is 0.0927. The Morgan fingerprint density at radius 2 is 1.51 bits per heavy atom. The molecule has 39 heavy (non-hydrogen) atoms. The molecule has 4 aromatic rings. The van der Waals surface area contributed by atoms with Crippen molar-refractivity contribution in [3.05, 3.63) is 90.0 Å². The zero-order valence-corrected chi connectivity index (χ0v) is 22.8. The maximum atomic E-state index is 13.2. The van der Waals surface area contributed by atoms with Crippen LogP contribution in [0.2, 0.25) is 0 Å². The summed E-state index contributed by atoms with van der Waals surface area (Å²) in [4.78, 5) is 24.9. The minimum absolute atomic E-state index is 0.0247. The van der Waals surface area contributed by atoms with Crippen LogP contribution in [-0.2, 0) is 6.61 Å². The Morgan fingerprint density at radius 3 is 2.28 bits per heavy atom. The molecule has 0 atom stereocenters. The number of rotatable bonds is 8. The summed E-state index contributed by atoms with van der Waals surface area (Å²) >= 11 is 0. The van der Waals surface area contributed by atoms with Gasteiger partial charge in [0.15, 0.2) is 0 Å². The number of ether oxygens (including phenoxy) is 1. The standard InChI is InChI=1S/C32H37N5O2/c1-37(2)30-28-20-8-9-21-29(28)35-32(36-30)34-25-15-10-13-24(14-11-16-25)33-31(38)27-19-7-6-12-23(27)22-39-26-17-4-3-5-18-26/h3-9,12,17-21,24-25H,10-11,13-16,22H2,1-2H3,(H,33,38)(H,34,35,36). The fraction of sp³-hybridized carbons (Fsp3) is 0.344. The molecular formula is C32H37N5O2. The Hall–Kier alpha value is -4.13. The number of anilines is 2. The van der Waals surface area contributed by atoms with Crippen LogP contribution in [0.25, 0.3) is 10.9 Å². The van der Waals surface area contributed by atoms with E-state index in [1.165, 1.54) is 0 Å². The number of nitrogens with one attached hydrogen (secondary N) is 2. The fourth-order valence-electron chi connectivity index (χ4n) is 5.26. The van der Waals surface area contributed by atoms with E-state index in [2.05, 4.69) is 16.7 Å². The maximum Gasteiger partial charge on any atom is 0.251 e. The first-order valence-electron chi connectivity index (χ1n) is 13.8. The average Bonchev–Trinajstić information content (AvgIpc) is 2.94. The van der Waals surface area contributed by atoms with Gasteiger partial charge in [-0.3, -0.25) is 4.79 Å². The molecule has 0 radical (unpaired) electrons. The van der Waals surface area contributed by atoms with E-state index in [-0.39, 0.29) is 11.9 Å². The number of carbonyl (C=O) groups excluding carboxylic acids is 1. The van der Waals surface area contributed by atoms with E-state index in [1.807, 2.05) is 91.8 Å². The predicted octanol–water partition coefficient (Wildman–Crippen LogP) is 6.21. The van der Waals surface area contributed by atoms with Crippen molar-refractivity contribution in [2.45, 2.75) is 57.2 Å². The molecule has 0 spiro atoms. The molecule has 1 amide bonds. The number of hydrogen-bond acceptors (Lipinski definition) is 6. The first kappa shape index (κ1) is 26.5. The zero-order valence-electron chi connectivity index (χ0n) is 22.8. The lowest BCUT2D eigenvalue weighted by atomic mass is 9.93. The molecule has 1 fully saturated rings. The molecule has 7 nitrogen and oxygen atoms in total. The van der Waals surface area contributed by atoms with Crippen LogP contribution in [0.4, 0.5) is 11.8 Å². The topological polar surface area (TPSA) is 79.4 Å². The highest BCUT2D eigenvalue weighted by atomic mass is 16.5. The summed E-state index contributed by atoms with van der Waals surface area (Å²) in [7, 11) is 4.02. The normalized spacial score (nSPS) is 17.6. The largest absolute Gasteiger partial charge is 0.489 e. The predicted molar refractivity (Wildman–Crippen MR) is 157 cm³/mol. The van der Waals surface area contributed by atoms with E-state index in [4.69, 9.17) is 14.7 Å². The first-order valence-corrected chi connectivity index (χ1v) is 13.8. The van der Waals surface area contributed by atoms with Gasteiger partial charge in [0.1, 0.15) is 18.2 Å². The summed E-state index contributed by atoms with van der Waals surface area (Å²) in [6.07, 6.45) is 5.98. The molecule has 1 aromatic heterocycles. The van der Waals surface area contributed by atoms with Crippen molar-refractivity contribution in [3.8, 4) is 5.75 Å². The van der Waals surface area contributed by atoms with Crippen LogP contribution in [0.1, 0.15) is 54.4 Å². The molecule has 0 bridgehead atoms. The molecule has 0 saturated heterocycles. The Morgan fingerprint density at radius 1 is 0.846 bits per heavy atom. The Balaban J connectivity index is 1.16. The van der Waals surface area contributed by atoms with E-state index in [9.17, 15) is 4.79 Å². The molecule has 1 saturated carbocycles. The molecular weight excluding hydrogens is 486 g/mol. The van der Waals surface area contributed by atoms with E-state index < -0.39 is 0 Å². The average molecular weight is 524 g/mol. The van der Waals surface area contributed by atoms with Crippen LogP contribution < -0.4 is 20.3 Å². The van der Waals surface area contributed by atoms with Crippen molar-refractivity contribution < 1.29 is 9.53 Å². The lowest BCUT2D eigenvalue weighted by Gasteiger charge is -2.26. The third kappa shape index (κ3) is 6.85. The maximum absolute atomic E-state index is 13.2. The third-order valence-electron chi connectivity index (χ3n) is 7.29. The molecule has 1 aliphatic carbocycles. The van der Waals surface area contributed by atoms with Gasteiger partial charge >= 0.3 is 0 Å². The van der Waals surface area contributed by atoms with Crippen molar-refractivity contribution in [1.29, 1.82) is 0 Å². The first-order chi connectivity index (χ1) is 19.1. The summed E-state index contributed by atoms with van der Waals surface area (Å²) in [5, 5.41) is 7.96. The summed E-state index contributed by atoms with van der Waals surface area (Å²) in [6.45, 7) is 0.359. The molecule has 3 aromatic carbocycles. The number of aromatic nitrogens is 2. The van der Waals surface area contributed by atoms with Gasteiger partial charge in [0, 0.05) is 42.7 Å². The molecule has 2 N–H and O–H groups in total. The highest BCUT2D eigenvalue weighted by Gasteiger charge is 2.21. The Labute approximate surface area is 230 Å². The summed E-state index contributed by atoms with van der Waals surface area (Å²) in [5.74, 6) is 2.37. The number of fused-ring (bicyclic) bond motifs is 1. The minimum atomic E-state index is -0.0247. The van der Waals surface area contributed by atoms with E-state index in [0.717, 1.165) is 66.6 Å². The molecule has 1 aliphatic rings. The lowest BCUT2D eigenvalue weighted by Crippen LogP contribution is -2.37. The van der Waals surface area contributed by atoms with Gasteiger partial charge in [-0.1, -0.05) is 48.5 Å². The van der Waals surface area contributed by atoms with Crippen LogP contribution in [0, 0.1) is 0 Å². The third-order valence-corrected chi connectivity index (χ3v) is 7.29.